The number of benzene rings is 3. The normalized spacial score (nSPS) is 15.5. The number of para-hydroxylation sites is 4. The smallest absolute Gasteiger partial charge is 0.240 e. The van der Waals surface area contributed by atoms with Crippen molar-refractivity contribution in [2.24, 2.45) is 5.10 Å². The Morgan fingerprint density at radius 3 is 2.57 bits per heavy atom. The lowest BCUT2D eigenvalue weighted by Gasteiger charge is -2.17. The first-order chi connectivity index (χ1) is 18.1. The van der Waals surface area contributed by atoms with Gasteiger partial charge in [0.2, 0.25) is 5.91 Å². The molecule has 1 aliphatic rings. The molecule has 0 saturated heterocycles. The summed E-state index contributed by atoms with van der Waals surface area (Å²) in [5.74, 6) is 1.21. The molecule has 4 heterocycles. The van der Waals surface area contributed by atoms with E-state index in [1.54, 1.807) is 0 Å². The predicted octanol–water partition coefficient (Wildman–Crippen LogP) is 5.86. The number of carbonyl (C=O) groups is 1. The Hall–Kier alpha value is -4.98. The van der Waals surface area contributed by atoms with E-state index in [4.69, 9.17) is 14.5 Å². The molecule has 180 valence electrons. The van der Waals surface area contributed by atoms with Crippen LogP contribution in [-0.2, 0) is 4.79 Å². The Labute approximate surface area is 211 Å². The van der Waals surface area contributed by atoms with Crippen molar-refractivity contribution >= 4 is 33.6 Å². The van der Waals surface area contributed by atoms with E-state index in [-0.39, 0.29) is 11.9 Å². The molecular weight excluding hydrogens is 464 g/mol. The summed E-state index contributed by atoms with van der Waals surface area (Å²) >= 11 is 0. The lowest BCUT2D eigenvalue weighted by Crippen LogP contribution is -2.24. The lowest BCUT2D eigenvalue weighted by atomic mass is 10.1. The van der Waals surface area contributed by atoms with Crippen molar-refractivity contribution in [3.8, 4) is 17.1 Å². The molecule has 8 heteroatoms. The third kappa shape index (κ3) is 3.61. The fourth-order valence-electron chi connectivity index (χ4n) is 4.88. The number of amides is 1. The molecule has 0 bridgehead atoms. The van der Waals surface area contributed by atoms with Crippen LogP contribution in [-0.4, -0.2) is 36.4 Å². The molecule has 3 aromatic carbocycles. The molecule has 8 nitrogen and oxygen atoms in total. The van der Waals surface area contributed by atoms with E-state index in [0.29, 0.717) is 18.0 Å². The number of fused-ring (bicyclic) bond motifs is 2. The standard InChI is InChI=1S/C29H22N6O2/c1-18(36)34-25(17-24(33-34)29-30-21-12-6-7-13-22(21)31-29)23-16-26(35(32-23)20-10-3-2-4-11-20)28-15-19-9-5-8-14-27(19)37-28/h2-16,25H,17H2,1H3,(H,30,31). The van der Waals surface area contributed by atoms with E-state index in [0.717, 1.165) is 44.8 Å². The van der Waals surface area contributed by atoms with Crippen LogP contribution in [0.2, 0.25) is 0 Å². The number of furan rings is 1. The van der Waals surface area contributed by atoms with E-state index in [1.165, 1.54) is 11.9 Å². The summed E-state index contributed by atoms with van der Waals surface area (Å²) in [4.78, 5) is 20.7. The number of H-pyrrole nitrogens is 1. The minimum absolute atomic E-state index is 0.157. The summed E-state index contributed by atoms with van der Waals surface area (Å²) in [6.45, 7) is 1.52. The van der Waals surface area contributed by atoms with Gasteiger partial charge in [0.05, 0.1) is 22.4 Å². The first kappa shape index (κ1) is 21.3. The molecule has 7 rings (SSSR count). The zero-order valence-electron chi connectivity index (χ0n) is 20.0. The SMILES string of the molecule is CC(=O)N1N=C(c2nc3ccccc3[nH]2)CC1c1cc(-c2cc3ccccc3o2)n(-c2ccccc2)n1. The predicted molar refractivity (Wildman–Crippen MR) is 141 cm³/mol. The molecule has 0 saturated carbocycles. The number of nitrogens with one attached hydrogen (secondary N) is 1. The number of hydrogen-bond donors (Lipinski definition) is 1. The first-order valence-corrected chi connectivity index (χ1v) is 12.1. The van der Waals surface area contributed by atoms with Crippen LogP contribution in [0.1, 0.15) is 30.9 Å². The van der Waals surface area contributed by atoms with Crippen molar-refractivity contribution in [2.45, 2.75) is 19.4 Å². The quantitative estimate of drug-likeness (QED) is 0.338. The maximum Gasteiger partial charge on any atom is 0.240 e. The molecule has 1 unspecified atom stereocenters. The Morgan fingerprint density at radius 1 is 0.973 bits per heavy atom. The summed E-state index contributed by atoms with van der Waals surface area (Å²) in [6, 6.07) is 29.3. The highest BCUT2D eigenvalue weighted by molar-refractivity contribution is 6.02. The van der Waals surface area contributed by atoms with Crippen molar-refractivity contribution in [1.29, 1.82) is 0 Å². The number of aromatic amines is 1. The number of aromatic nitrogens is 4. The topological polar surface area (TPSA) is 92.3 Å². The number of hydrazone groups is 1. The fourth-order valence-corrected chi connectivity index (χ4v) is 4.88. The number of imidazole rings is 1. The number of nitrogens with zero attached hydrogens (tertiary/aromatic N) is 5. The van der Waals surface area contributed by atoms with Crippen molar-refractivity contribution in [3.63, 3.8) is 0 Å². The van der Waals surface area contributed by atoms with E-state index >= 15 is 0 Å². The number of hydrogen-bond acceptors (Lipinski definition) is 5. The first-order valence-electron chi connectivity index (χ1n) is 12.1. The molecule has 1 aliphatic heterocycles. The molecule has 0 radical (unpaired) electrons. The third-order valence-electron chi connectivity index (χ3n) is 6.64. The Bertz CT molecular complexity index is 1740. The summed E-state index contributed by atoms with van der Waals surface area (Å²) in [7, 11) is 0. The second-order valence-corrected chi connectivity index (χ2v) is 9.08. The highest BCUT2D eigenvalue weighted by Crippen LogP contribution is 2.36. The van der Waals surface area contributed by atoms with Crippen LogP contribution in [0, 0.1) is 0 Å². The van der Waals surface area contributed by atoms with Gasteiger partial charge in [-0.25, -0.2) is 14.7 Å². The van der Waals surface area contributed by atoms with Crippen molar-refractivity contribution < 1.29 is 9.21 Å². The van der Waals surface area contributed by atoms with E-state index in [1.807, 2.05) is 95.7 Å². The van der Waals surface area contributed by atoms with Crippen LogP contribution in [0.3, 0.4) is 0 Å². The summed E-state index contributed by atoms with van der Waals surface area (Å²) < 4.78 is 8.07. The zero-order chi connectivity index (χ0) is 24.9. The van der Waals surface area contributed by atoms with Crippen LogP contribution < -0.4 is 0 Å². The molecule has 1 N–H and O–H groups in total. The molecule has 37 heavy (non-hydrogen) atoms. The summed E-state index contributed by atoms with van der Waals surface area (Å²) in [6.07, 6.45) is 0.491. The maximum atomic E-state index is 12.7. The Morgan fingerprint density at radius 2 is 1.76 bits per heavy atom. The van der Waals surface area contributed by atoms with Gasteiger partial charge >= 0.3 is 0 Å². The summed E-state index contributed by atoms with van der Waals surface area (Å²) in [5, 5.41) is 12.2. The van der Waals surface area contributed by atoms with Gasteiger partial charge in [-0.2, -0.15) is 10.2 Å². The van der Waals surface area contributed by atoms with E-state index in [9.17, 15) is 4.79 Å². The molecular formula is C29H22N6O2. The van der Waals surface area contributed by atoms with Crippen molar-refractivity contribution in [2.75, 3.05) is 0 Å². The van der Waals surface area contributed by atoms with Crippen molar-refractivity contribution in [1.82, 2.24) is 24.8 Å². The zero-order valence-corrected chi connectivity index (χ0v) is 20.0. The van der Waals surface area contributed by atoms with Crippen LogP contribution in [0.25, 0.3) is 39.1 Å². The monoisotopic (exact) mass is 486 g/mol. The molecule has 0 aliphatic carbocycles. The van der Waals surface area contributed by atoms with Gasteiger partial charge in [-0.3, -0.25) is 4.79 Å². The van der Waals surface area contributed by atoms with E-state index in [2.05, 4.69) is 10.1 Å². The van der Waals surface area contributed by atoms with Crippen LogP contribution in [0.4, 0.5) is 0 Å². The third-order valence-corrected chi connectivity index (χ3v) is 6.64. The molecule has 0 spiro atoms. The Balaban J connectivity index is 1.33. The maximum absolute atomic E-state index is 12.7. The van der Waals surface area contributed by atoms with E-state index < -0.39 is 0 Å². The van der Waals surface area contributed by atoms with Gasteiger partial charge in [0, 0.05) is 18.7 Å². The largest absolute Gasteiger partial charge is 0.454 e. The van der Waals surface area contributed by atoms with Gasteiger partial charge in [0.1, 0.15) is 23.0 Å². The van der Waals surface area contributed by atoms with Crippen LogP contribution in [0.15, 0.2) is 101 Å². The molecule has 6 aromatic rings. The fraction of sp³-hybridized carbons (Fsp3) is 0.103. The Kier molecular flexibility index (Phi) is 4.78. The summed E-state index contributed by atoms with van der Waals surface area (Å²) in [5.41, 5.74) is 5.74. The highest BCUT2D eigenvalue weighted by Gasteiger charge is 2.35. The second kappa shape index (κ2) is 8.30. The minimum atomic E-state index is -0.367. The number of rotatable bonds is 4. The van der Waals surface area contributed by atoms with Gasteiger partial charge in [-0.15, -0.1) is 0 Å². The molecule has 0 fully saturated rings. The number of carbonyl (C=O) groups excluding carboxylic acids is 1. The van der Waals surface area contributed by atoms with Gasteiger partial charge < -0.3 is 9.40 Å². The molecule has 1 atom stereocenters. The average molecular weight is 487 g/mol. The molecule has 1 amide bonds. The molecule has 3 aromatic heterocycles. The lowest BCUT2D eigenvalue weighted by molar-refractivity contribution is -0.130. The van der Waals surface area contributed by atoms with Gasteiger partial charge in [-0.1, -0.05) is 48.5 Å². The highest BCUT2D eigenvalue weighted by atomic mass is 16.3. The minimum Gasteiger partial charge on any atom is -0.454 e. The van der Waals surface area contributed by atoms with Gasteiger partial charge in [0.15, 0.2) is 11.6 Å². The van der Waals surface area contributed by atoms with Crippen LogP contribution in [0.5, 0.6) is 0 Å². The van der Waals surface area contributed by atoms with Gasteiger partial charge in [0.25, 0.3) is 0 Å². The van der Waals surface area contributed by atoms with Crippen LogP contribution >= 0.6 is 0 Å². The average Bonchev–Trinajstić information content (AvgIpc) is 3.71. The van der Waals surface area contributed by atoms with Crippen molar-refractivity contribution in [3.05, 3.63) is 103 Å². The second-order valence-electron chi connectivity index (χ2n) is 9.08. The van der Waals surface area contributed by atoms with Gasteiger partial charge in [-0.05, 0) is 42.5 Å².